The van der Waals surface area contributed by atoms with E-state index in [0.29, 0.717) is 0 Å². The fourth-order valence-corrected chi connectivity index (χ4v) is 6.92. The molecule has 0 aliphatic carbocycles. The fraction of sp³-hybridized carbons (Fsp3) is 0.158. The number of fused-ring (bicyclic) bond motifs is 7. The van der Waals surface area contributed by atoms with E-state index in [4.69, 9.17) is 6.58 Å². The first-order valence-electron chi connectivity index (χ1n) is 14.5. The molecule has 2 aliphatic heterocycles. The molecule has 2 unspecified atom stereocenters. The van der Waals surface area contributed by atoms with Crippen LogP contribution in [0.25, 0.3) is 11.3 Å². The minimum absolute atomic E-state index is 0.0422. The van der Waals surface area contributed by atoms with Crippen LogP contribution < -0.4 is 9.58 Å². The van der Waals surface area contributed by atoms with E-state index in [1.54, 1.807) is 0 Å². The number of hydrazine groups is 1. The zero-order valence-electron chi connectivity index (χ0n) is 23.7. The Bertz CT molecular complexity index is 1800. The summed E-state index contributed by atoms with van der Waals surface area (Å²) < 4.78 is 4.86. The molecule has 0 saturated carbocycles. The number of nitrogens with zero attached hydrogens (tertiary/aromatic N) is 3. The van der Waals surface area contributed by atoms with Gasteiger partial charge in [0.2, 0.25) is 11.4 Å². The van der Waals surface area contributed by atoms with Gasteiger partial charge in [0.25, 0.3) is 11.7 Å². The van der Waals surface area contributed by atoms with Crippen molar-refractivity contribution in [2.75, 3.05) is 5.01 Å². The van der Waals surface area contributed by atoms with Crippen LogP contribution in [0.2, 0.25) is 0 Å². The number of rotatable bonds is 3. The molecule has 0 fully saturated rings. The molecule has 200 valence electrons. The summed E-state index contributed by atoms with van der Waals surface area (Å²) >= 11 is 0. The lowest BCUT2D eigenvalue weighted by atomic mass is 9.78. The molecule has 2 aliphatic rings. The first-order chi connectivity index (χ1) is 20.1. The van der Waals surface area contributed by atoms with Gasteiger partial charge in [-0.05, 0) is 79.4 Å². The van der Waals surface area contributed by atoms with Crippen LogP contribution in [0, 0.1) is 6.92 Å². The Hall–Kier alpha value is -4.76. The number of allylic oxidation sites excluding steroid dienone is 1. The molecule has 0 amide bonds. The SMILES string of the molecule is C=C1C2C(CCc3ccccc3/C(C)=[N+]\1N(c1ccccc1)c1ccccc1C)c1ccccc1-c1cccc[n+]12. The highest BCUT2D eigenvalue weighted by atomic mass is 15.6. The molecular weight excluding hydrogens is 498 g/mol. The van der Waals surface area contributed by atoms with Crippen molar-refractivity contribution in [3.05, 3.63) is 162 Å². The van der Waals surface area contributed by atoms with Crippen LogP contribution >= 0.6 is 0 Å². The number of benzene rings is 4. The van der Waals surface area contributed by atoms with Crippen molar-refractivity contribution in [2.24, 2.45) is 0 Å². The van der Waals surface area contributed by atoms with E-state index in [1.165, 1.54) is 39.2 Å². The summed E-state index contributed by atoms with van der Waals surface area (Å²) in [6, 6.07) is 43.8. The van der Waals surface area contributed by atoms with E-state index in [2.05, 4.69) is 156 Å². The highest BCUT2D eigenvalue weighted by Crippen LogP contribution is 2.45. The third kappa shape index (κ3) is 4.20. The molecule has 3 heterocycles. The van der Waals surface area contributed by atoms with Crippen molar-refractivity contribution in [2.45, 2.75) is 38.6 Å². The Labute approximate surface area is 243 Å². The van der Waals surface area contributed by atoms with Gasteiger partial charge in [0.15, 0.2) is 6.20 Å². The summed E-state index contributed by atoms with van der Waals surface area (Å²) in [5, 5.41) is 2.37. The maximum Gasteiger partial charge on any atom is 0.274 e. The number of anilines is 2. The average Bonchev–Trinajstić information content (AvgIpc) is 3.06. The summed E-state index contributed by atoms with van der Waals surface area (Å²) in [5.41, 5.74) is 12.3. The van der Waals surface area contributed by atoms with E-state index in [9.17, 15) is 0 Å². The summed E-state index contributed by atoms with van der Waals surface area (Å²) in [7, 11) is 0. The number of hydrogen-bond acceptors (Lipinski definition) is 1. The molecule has 0 N–H and O–H groups in total. The van der Waals surface area contributed by atoms with Crippen LogP contribution in [0.3, 0.4) is 0 Å². The highest BCUT2D eigenvalue weighted by Gasteiger charge is 2.48. The van der Waals surface area contributed by atoms with Crippen LogP contribution in [0.4, 0.5) is 11.4 Å². The van der Waals surface area contributed by atoms with Gasteiger partial charge in [-0.2, -0.15) is 4.57 Å². The summed E-state index contributed by atoms with van der Waals surface area (Å²) in [6.07, 6.45) is 4.28. The average molecular weight is 534 g/mol. The van der Waals surface area contributed by atoms with E-state index in [1.807, 2.05) is 0 Å². The maximum absolute atomic E-state index is 4.96. The lowest BCUT2D eigenvalue weighted by Gasteiger charge is -2.31. The van der Waals surface area contributed by atoms with Gasteiger partial charge >= 0.3 is 0 Å². The van der Waals surface area contributed by atoms with Crippen molar-refractivity contribution in [3.8, 4) is 11.3 Å². The van der Waals surface area contributed by atoms with Crippen LogP contribution in [-0.4, -0.2) is 10.4 Å². The number of para-hydroxylation sites is 2. The van der Waals surface area contributed by atoms with Gasteiger partial charge in [-0.1, -0.05) is 77.5 Å². The van der Waals surface area contributed by atoms with Gasteiger partial charge in [0.1, 0.15) is 11.4 Å². The normalized spacial score (nSPS) is 19.5. The topological polar surface area (TPSA) is 10.1 Å². The Kier molecular flexibility index (Phi) is 6.36. The molecule has 0 radical (unpaired) electrons. The molecule has 4 aromatic carbocycles. The lowest BCUT2D eigenvalue weighted by molar-refractivity contribution is -0.728. The van der Waals surface area contributed by atoms with E-state index >= 15 is 0 Å². The Morgan fingerprint density at radius 2 is 1.39 bits per heavy atom. The first kappa shape index (κ1) is 25.2. The first-order valence-corrected chi connectivity index (χ1v) is 14.5. The zero-order valence-corrected chi connectivity index (χ0v) is 23.7. The van der Waals surface area contributed by atoms with Crippen molar-refractivity contribution in [1.29, 1.82) is 0 Å². The monoisotopic (exact) mass is 533 g/mol. The van der Waals surface area contributed by atoms with Gasteiger partial charge in [-0.15, -0.1) is 5.01 Å². The lowest BCUT2D eigenvalue weighted by Crippen LogP contribution is -2.51. The largest absolute Gasteiger partial charge is 0.274 e. The van der Waals surface area contributed by atoms with E-state index in [0.717, 1.165) is 29.9 Å². The third-order valence-electron chi connectivity index (χ3n) is 8.81. The number of pyridine rings is 1. The van der Waals surface area contributed by atoms with Gasteiger partial charge in [0, 0.05) is 30.2 Å². The molecule has 41 heavy (non-hydrogen) atoms. The Morgan fingerprint density at radius 1 is 0.707 bits per heavy atom. The molecule has 3 nitrogen and oxygen atoms in total. The van der Waals surface area contributed by atoms with Crippen LogP contribution in [0.1, 0.15) is 47.6 Å². The predicted molar refractivity (Wildman–Crippen MR) is 168 cm³/mol. The van der Waals surface area contributed by atoms with E-state index < -0.39 is 0 Å². The fourth-order valence-electron chi connectivity index (χ4n) is 6.92. The van der Waals surface area contributed by atoms with Crippen LogP contribution in [0.15, 0.2) is 140 Å². The van der Waals surface area contributed by atoms with Gasteiger partial charge in [0.05, 0.1) is 5.92 Å². The van der Waals surface area contributed by atoms with Crippen molar-refractivity contribution < 1.29 is 9.25 Å². The Morgan fingerprint density at radius 3 is 2.22 bits per heavy atom. The van der Waals surface area contributed by atoms with Crippen LogP contribution in [0.5, 0.6) is 0 Å². The number of aryl methyl sites for hydroxylation is 2. The van der Waals surface area contributed by atoms with Crippen molar-refractivity contribution >= 4 is 17.1 Å². The second-order valence-electron chi connectivity index (χ2n) is 11.1. The molecular formula is C38H35N3+2. The van der Waals surface area contributed by atoms with Crippen molar-refractivity contribution in [1.82, 2.24) is 0 Å². The number of hydrogen-bond donors (Lipinski definition) is 0. The molecule has 5 aromatic rings. The molecule has 3 heteroatoms. The summed E-state index contributed by atoms with van der Waals surface area (Å²) in [4.78, 5) is 0. The number of hydrazone groups is 1. The number of aromatic nitrogens is 1. The van der Waals surface area contributed by atoms with Crippen LogP contribution in [-0.2, 0) is 6.42 Å². The molecule has 2 atom stereocenters. The standard InChI is InChI=1S/C38H35N3/c1-27-15-7-12-22-36(27)41(31-17-5-4-6-18-31)40-28(2)32-19-9-8-16-30(32)24-25-35-33-20-10-11-21-34(33)37-23-13-14-26-39(37)38(35)29(40)3/h4-23,26,35,38H,3,24-25H2,1-2H3/q+2/b40-28+. The molecule has 0 bridgehead atoms. The maximum atomic E-state index is 4.96. The molecule has 7 rings (SSSR count). The quantitative estimate of drug-likeness (QED) is 0.212. The zero-order chi connectivity index (χ0) is 27.9. The molecule has 0 saturated heterocycles. The van der Waals surface area contributed by atoms with E-state index in [-0.39, 0.29) is 12.0 Å². The van der Waals surface area contributed by atoms with Gasteiger partial charge < -0.3 is 0 Å². The Balaban J connectivity index is 1.55. The minimum Gasteiger partial charge on any atom is -0.184 e. The predicted octanol–water partition coefficient (Wildman–Crippen LogP) is 8.32. The second kappa shape index (κ2) is 10.3. The second-order valence-corrected chi connectivity index (χ2v) is 11.1. The van der Waals surface area contributed by atoms with Gasteiger partial charge in [-0.25, -0.2) is 0 Å². The minimum atomic E-state index is 0.0422. The van der Waals surface area contributed by atoms with Crippen molar-refractivity contribution in [3.63, 3.8) is 0 Å². The summed E-state index contributed by atoms with van der Waals surface area (Å²) in [6.45, 7) is 9.41. The highest BCUT2D eigenvalue weighted by molar-refractivity contribution is 5.97. The molecule has 1 aromatic heterocycles. The third-order valence-corrected chi connectivity index (χ3v) is 8.81. The molecule has 0 spiro atoms. The smallest absolute Gasteiger partial charge is 0.184 e. The van der Waals surface area contributed by atoms with Gasteiger partial charge in [-0.3, -0.25) is 0 Å². The summed E-state index contributed by atoms with van der Waals surface area (Å²) in [5.74, 6) is 0.273.